The topological polar surface area (TPSA) is 67.8 Å². The summed E-state index contributed by atoms with van der Waals surface area (Å²) in [5.41, 5.74) is -5.30. The highest BCUT2D eigenvalue weighted by Gasteiger charge is 2.48. The van der Waals surface area contributed by atoms with Gasteiger partial charge in [0.15, 0.2) is 5.90 Å². The number of aliphatic imine (C=N–C) groups is 1. The van der Waals surface area contributed by atoms with Crippen LogP contribution in [0.1, 0.15) is 39.5 Å². The lowest BCUT2D eigenvalue weighted by Crippen LogP contribution is -2.49. The summed E-state index contributed by atoms with van der Waals surface area (Å²) in [4.78, 5) is 4.43. The summed E-state index contributed by atoms with van der Waals surface area (Å²) in [5.74, 6) is 0.245. The van der Waals surface area contributed by atoms with Gasteiger partial charge in [0, 0.05) is 6.04 Å². The molecule has 0 aromatic carbocycles. The predicted octanol–water partition coefficient (Wildman–Crippen LogP) is 2.44. The normalized spacial score (nSPS) is 30.3. The van der Waals surface area contributed by atoms with Gasteiger partial charge in [0.05, 0.1) is 12.0 Å². The molecule has 22 heavy (non-hydrogen) atoms. The molecule has 0 radical (unpaired) electrons. The highest BCUT2D eigenvalue weighted by Crippen LogP contribution is 2.31. The van der Waals surface area contributed by atoms with Gasteiger partial charge in [-0.15, -0.1) is 0 Å². The predicted molar refractivity (Wildman–Crippen MR) is 75.9 cm³/mol. The molecular weight excluding hydrogens is 321 g/mol. The molecule has 0 aromatic heterocycles. The fourth-order valence-corrected chi connectivity index (χ4v) is 3.60. The van der Waals surface area contributed by atoms with Gasteiger partial charge in [0.2, 0.25) is 0 Å². The third-order valence-electron chi connectivity index (χ3n) is 4.16. The van der Waals surface area contributed by atoms with Gasteiger partial charge in [-0.05, 0) is 18.8 Å². The van der Waals surface area contributed by atoms with E-state index in [9.17, 15) is 21.6 Å². The average molecular weight is 342 g/mol. The van der Waals surface area contributed by atoms with E-state index < -0.39 is 27.5 Å². The number of hydrogen-bond donors (Lipinski definition) is 1. The van der Waals surface area contributed by atoms with E-state index in [4.69, 9.17) is 4.74 Å². The van der Waals surface area contributed by atoms with E-state index in [1.165, 1.54) is 0 Å². The van der Waals surface area contributed by atoms with Crippen LogP contribution in [0.2, 0.25) is 0 Å². The molecular formula is C13H21F3N2O3S. The van der Waals surface area contributed by atoms with Crippen molar-refractivity contribution in [1.29, 1.82) is 0 Å². The largest absolute Gasteiger partial charge is 0.511 e. The Morgan fingerprint density at radius 3 is 2.45 bits per heavy atom. The van der Waals surface area contributed by atoms with Crippen LogP contribution in [0.3, 0.4) is 0 Å². The maximum absolute atomic E-state index is 12.5. The number of nitrogens with zero attached hydrogens (tertiary/aromatic N) is 1. The Morgan fingerprint density at radius 1 is 1.27 bits per heavy atom. The second-order valence-electron chi connectivity index (χ2n) is 6.15. The smallest absolute Gasteiger partial charge is 0.478 e. The molecule has 2 aliphatic rings. The van der Waals surface area contributed by atoms with Crippen LogP contribution in [0.4, 0.5) is 13.2 Å². The molecule has 2 rings (SSSR count). The number of hydrogen-bond acceptors (Lipinski definition) is 4. The van der Waals surface area contributed by atoms with Crippen LogP contribution in [0.25, 0.3) is 0 Å². The first kappa shape index (κ1) is 17.5. The van der Waals surface area contributed by atoms with Crippen LogP contribution in [-0.4, -0.2) is 38.5 Å². The van der Waals surface area contributed by atoms with Crippen LogP contribution in [0.15, 0.2) is 4.99 Å². The molecule has 1 saturated carbocycles. The molecule has 0 bridgehead atoms. The van der Waals surface area contributed by atoms with Gasteiger partial charge in [-0.3, -0.25) is 0 Å². The minimum absolute atomic E-state index is 0.0169. The summed E-state index contributed by atoms with van der Waals surface area (Å²) < 4.78 is 67.6. The zero-order valence-electron chi connectivity index (χ0n) is 12.6. The van der Waals surface area contributed by atoms with Gasteiger partial charge in [-0.1, -0.05) is 26.7 Å². The molecule has 0 aromatic rings. The van der Waals surface area contributed by atoms with Crippen molar-refractivity contribution < 1.29 is 26.3 Å². The van der Waals surface area contributed by atoms with Gasteiger partial charge in [0.25, 0.3) is 0 Å². The molecule has 0 amide bonds. The maximum atomic E-state index is 12.5. The van der Waals surface area contributed by atoms with Crippen LogP contribution < -0.4 is 4.72 Å². The first-order valence-electron chi connectivity index (χ1n) is 7.41. The third kappa shape index (κ3) is 3.73. The Kier molecular flexibility index (Phi) is 5.06. The molecule has 0 unspecified atom stereocenters. The molecule has 128 valence electrons. The van der Waals surface area contributed by atoms with E-state index in [0.717, 1.165) is 6.42 Å². The SMILES string of the molecule is CC(C)[C@H]1COC([C@@H]2CCCC[C@H]2NS(=O)(=O)C(F)(F)F)=N1. The van der Waals surface area contributed by atoms with Gasteiger partial charge >= 0.3 is 15.5 Å². The molecule has 0 saturated heterocycles. The quantitative estimate of drug-likeness (QED) is 0.853. The summed E-state index contributed by atoms with van der Waals surface area (Å²) in [6.45, 7) is 4.39. The highest BCUT2D eigenvalue weighted by atomic mass is 32.2. The van der Waals surface area contributed by atoms with Crippen LogP contribution in [0.5, 0.6) is 0 Å². The average Bonchev–Trinajstić information content (AvgIpc) is 2.87. The van der Waals surface area contributed by atoms with E-state index in [-0.39, 0.29) is 12.0 Å². The molecule has 1 heterocycles. The summed E-state index contributed by atoms with van der Waals surface area (Å²) >= 11 is 0. The van der Waals surface area contributed by atoms with Gasteiger partial charge in [-0.2, -0.15) is 13.2 Å². The van der Waals surface area contributed by atoms with E-state index >= 15 is 0 Å². The molecule has 3 atom stereocenters. The first-order valence-corrected chi connectivity index (χ1v) is 8.89. The lowest BCUT2D eigenvalue weighted by Gasteiger charge is -2.31. The molecule has 1 N–H and O–H groups in total. The number of nitrogens with one attached hydrogen (secondary N) is 1. The Morgan fingerprint density at radius 2 is 1.91 bits per heavy atom. The molecule has 9 heteroatoms. The van der Waals surface area contributed by atoms with Crippen molar-refractivity contribution in [3.05, 3.63) is 0 Å². The van der Waals surface area contributed by atoms with E-state index in [1.54, 1.807) is 4.72 Å². The fourth-order valence-electron chi connectivity index (χ4n) is 2.79. The Labute approximate surface area is 128 Å². The number of rotatable bonds is 4. The Hall–Kier alpha value is -0.830. The van der Waals surface area contributed by atoms with Crippen molar-refractivity contribution in [3.8, 4) is 0 Å². The molecule has 1 fully saturated rings. The van der Waals surface area contributed by atoms with Gasteiger partial charge < -0.3 is 4.74 Å². The van der Waals surface area contributed by atoms with Crippen molar-refractivity contribution >= 4 is 15.9 Å². The maximum Gasteiger partial charge on any atom is 0.511 e. The Bertz CT molecular complexity index is 531. The lowest BCUT2D eigenvalue weighted by molar-refractivity contribution is -0.0453. The minimum atomic E-state index is -5.35. The molecule has 1 aliphatic carbocycles. The van der Waals surface area contributed by atoms with E-state index in [1.807, 2.05) is 13.8 Å². The van der Waals surface area contributed by atoms with E-state index in [0.29, 0.717) is 31.8 Å². The monoisotopic (exact) mass is 342 g/mol. The highest BCUT2D eigenvalue weighted by molar-refractivity contribution is 7.90. The van der Waals surface area contributed by atoms with Crippen LogP contribution in [0, 0.1) is 11.8 Å². The molecule has 5 nitrogen and oxygen atoms in total. The zero-order valence-corrected chi connectivity index (χ0v) is 13.4. The number of halogens is 3. The second-order valence-corrected chi connectivity index (χ2v) is 7.86. The first-order chi connectivity index (χ1) is 10.1. The standard InChI is InChI=1S/C13H21F3N2O3S/c1-8(2)11-7-21-12(17-11)9-5-3-4-6-10(9)18-22(19,20)13(14,15)16/h8-11,18H,3-7H2,1-2H3/t9-,10-,11-/m1/s1. The minimum Gasteiger partial charge on any atom is -0.478 e. The number of sulfonamides is 1. The molecule has 1 aliphatic heterocycles. The second kappa shape index (κ2) is 6.35. The summed E-state index contributed by atoms with van der Waals surface area (Å²) in [5, 5.41) is 0. The lowest BCUT2D eigenvalue weighted by atomic mass is 9.85. The van der Waals surface area contributed by atoms with Crippen LogP contribution in [-0.2, 0) is 14.8 Å². The van der Waals surface area contributed by atoms with Crippen molar-refractivity contribution in [2.45, 2.75) is 57.1 Å². The zero-order chi connectivity index (χ0) is 16.5. The van der Waals surface area contributed by atoms with Crippen molar-refractivity contribution in [2.24, 2.45) is 16.8 Å². The Balaban J connectivity index is 2.15. The van der Waals surface area contributed by atoms with E-state index in [2.05, 4.69) is 4.99 Å². The van der Waals surface area contributed by atoms with Crippen molar-refractivity contribution in [2.75, 3.05) is 6.61 Å². The summed E-state index contributed by atoms with van der Waals surface area (Å²) in [6.07, 6.45) is 2.44. The van der Waals surface area contributed by atoms with Crippen molar-refractivity contribution in [3.63, 3.8) is 0 Å². The number of ether oxygens (including phenoxy) is 1. The van der Waals surface area contributed by atoms with Crippen molar-refractivity contribution in [1.82, 2.24) is 4.72 Å². The third-order valence-corrected chi connectivity index (χ3v) is 5.38. The van der Waals surface area contributed by atoms with Gasteiger partial charge in [0.1, 0.15) is 6.61 Å². The summed E-state index contributed by atoms with van der Waals surface area (Å²) in [6, 6.07) is -0.832. The van der Waals surface area contributed by atoms with Gasteiger partial charge in [-0.25, -0.2) is 18.1 Å². The fraction of sp³-hybridized carbons (Fsp3) is 0.923. The summed E-state index contributed by atoms with van der Waals surface area (Å²) in [7, 11) is -5.35. The molecule has 0 spiro atoms. The van der Waals surface area contributed by atoms with Crippen LogP contribution >= 0.6 is 0 Å². The number of alkyl halides is 3.